The molecule has 0 amide bonds. The Balaban J connectivity index is 2.36. The van der Waals surface area contributed by atoms with Crippen LogP contribution in [0.1, 0.15) is 20.3 Å². The molecule has 0 N–H and O–H groups in total. The standard InChI is InChI=1S/C8H15FO2P.W/c1-6-8(2,9)4-7(11-6)5-10-12-3;/h6-7H,4-5H2,1-3H3;/q-1;+2/t6-,7-,8+;/m0./s1. The summed E-state index contributed by atoms with van der Waals surface area (Å²) in [6.07, 6.45) is 0.120. The van der Waals surface area contributed by atoms with Crippen LogP contribution in [-0.4, -0.2) is 31.1 Å². The summed E-state index contributed by atoms with van der Waals surface area (Å²) in [5.74, 6) is -0.281. The number of halogens is 1. The Hall–Kier alpha value is 0.838. The molecule has 1 heterocycles. The van der Waals surface area contributed by atoms with E-state index >= 15 is 0 Å². The van der Waals surface area contributed by atoms with Gasteiger partial charge in [0.25, 0.3) is 0 Å². The van der Waals surface area contributed by atoms with Gasteiger partial charge in [-0.25, -0.2) is 0 Å². The Kier molecular flexibility index (Phi) is 4.19. The Bertz CT molecular complexity index is 210. The van der Waals surface area contributed by atoms with Crippen LogP contribution in [0.4, 0.5) is 4.39 Å². The topological polar surface area (TPSA) is 18.5 Å². The molecule has 1 aliphatic heterocycles. The number of ether oxygens (including phenoxy) is 1. The van der Waals surface area contributed by atoms with Crippen molar-refractivity contribution in [1.82, 2.24) is 0 Å². The molecule has 2 nitrogen and oxygen atoms in total. The molecule has 1 aliphatic rings. The van der Waals surface area contributed by atoms with Crippen LogP contribution in [0.2, 0.25) is 0 Å². The van der Waals surface area contributed by atoms with E-state index in [0.29, 0.717) is 13.0 Å². The summed E-state index contributed by atoms with van der Waals surface area (Å²) in [7, 11) is 0. The van der Waals surface area contributed by atoms with Crippen LogP contribution in [0.25, 0.3) is 0 Å². The normalized spacial score (nSPS) is 40.8. The molecule has 0 aromatic rings. The molecular formula is C8H15FO2PW+. The third-order valence-corrected chi connectivity index (χ3v) is 3.96. The predicted molar refractivity (Wildman–Crippen MR) is 47.3 cm³/mol. The molecule has 13 heavy (non-hydrogen) atoms. The Morgan fingerprint density at radius 1 is 1.77 bits per heavy atom. The molecule has 0 saturated carbocycles. The summed E-state index contributed by atoms with van der Waals surface area (Å²) < 4.78 is 24.5. The van der Waals surface area contributed by atoms with Gasteiger partial charge in [-0.3, -0.25) is 0 Å². The quantitative estimate of drug-likeness (QED) is 0.704. The van der Waals surface area contributed by atoms with Crippen LogP contribution in [0.15, 0.2) is 0 Å². The fraction of sp³-hybridized carbons (Fsp3) is 1.00. The summed E-state index contributed by atoms with van der Waals surface area (Å²) in [6, 6.07) is 0. The average molecular weight is 377 g/mol. The Morgan fingerprint density at radius 3 is 2.77 bits per heavy atom. The van der Waals surface area contributed by atoms with Crippen molar-refractivity contribution in [2.24, 2.45) is 0 Å². The number of hydrogen-bond donors (Lipinski definition) is 0. The number of rotatable bonds is 3. The van der Waals surface area contributed by atoms with Crippen molar-refractivity contribution in [3.63, 3.8) is 0 Å². The van der Waals surface area contributed by atoms with Crippen LogP contribution < -0.4 is 0 Å². The first-order valence-electron chi connectivity index (χ1n) is 4.30. The Labute approximate surface area is 89.8 Å². The Morgan fingerprint density at radius 2 is 2.38 bits per heavy atom. The average Bonchev–Trinajstić information content (AvgIpc) is 2.22. The molecule has 5 heteroatoms. The zero-order valence-electron chi connectivity index (χ0n) is 8.12. The van der Waals surface area contributed by atoms with Crippen molar-refractivity contribution in [2.45, 2.75) is 38.1 Å². The van der Waals surface area contributed by atoms with E-state index in [1.807, 2.05) is 0 Å². The van der Waals surface area contributed by atoms with Crippen LogP contribution in [0, 0.1) is 0 Å². The zero-order valence-corrected chi connectivity index (χ0v) is 11.9. The maximum atomic E-state index is 13.6. The van der Waals surface area contributed by atoms with Crippen molar-refractivity contribution in [3.05, 3.63) is 0 Å². The summed E-state index contributed by atoms with van der Waals surface area (Å²) in [5, 5.41) is 0. The van der Waals surface area contributed by atoms with E-state index in [2.05, 4.69) is 6.66 Å². The van der Waals surface area contributed by atoms with Gasteiger partial charge in [-0.15, -0.1) is 0 Å². The molecule has 4 atom stereocenters. The fourth-order valence-electron chi connectivity index (χ4n) is 1.38. The minimum atomic E-state index is -1.18. The molecule has 76 valence electrons. The van der Waals surface area contributed by atoms with Crippen molar-refractivity contribution >= 4 is 5.78 Å². The molecule has 0 aromatic carbocycles. The molecule has 1 fully saturated rings. The molecular weight excluding hydrogens is 362 g/mol. The van der Waals surface area contributed by atoms with E-state index in [4.69, 9.17) is 9.26 Å². The summed E-state index contributed by atoms with van der Waals surface area (Å²) in [6.45, 7) is 6.00. The summed E-state index contributed by atoms with van der Waals surface area (Å²) in [5.41, 5.74) is -1.18. The fourth-order valence-corrected chi connectivity index (χ4v) is 2.41. The van der Waals surface area contributed by atoms with Gasteiger partial charge in [0.15, 0.2) is 0 Å². The molecule has 1 unspecified atom stereocenters. The van der Waals surface area contributed by atoms with Gasteiger partial charge >= 0.3 is 89.7 Å². The monoisotopic (exact) mass is 377 g/mol. The molecule has 1 saturated heterocycles. The second-order valence-electron chi connectivity index (χ2n) is 3.62. The van der Waals surface area contributed by atoms with Crippen LogP contribution in [0.5, 0.6) is 0 Å². The van der Waals surface area contributed by atoms with Crippen LogP contribution in [-0.2, 0) is 28.1 Å². The summed E-state index contributed by atoms with van der Waals surface area (Å²) >= 11 is 1.46. The van der Waals surface area contributed by atoms with E-state index in [9.17, 15) is 4.39 Å². The van der Waals surface area contributed by atoms with Crippen LogP contribution in [0.3, 0.4) is 0 Å². The van der Waals surface area contributed by atoms with Gasteiger partial charge in [-0.05, 0) is 0 Å². The molecule has 0 spiro atoms. The van der Waals surface area contributed by atoms with Crippen molar-refractivity contribution in [2.75, 3.05) is 13.3 Å². The first-order valence-corrected chi connectivity index (χ1v) is 9.86. The molecule has 0 bridgehead atoms. The van der Waals surface area contributed by atoms with Gasteiger partial charge in [0.1, 0.15) is 0 Å². The van der Waals surface area contributed by atoms with Gasteiger partial charge in [0.05, 0.1) is 0 Å². The van der Waals surface area contributed by atoms with E-state index in [1.165, 1.54) is 18.8 Å². The van der Waals surface area contributed by atoms with E-state index in [-0.39, 0.29) is 18.0 Å². The van der Waals surface area contributed by atoms with Crippen molar-refractivity contribution < 1.29 is 32.5 Å². The third-order valence-electron chi connectivity index (χ3n) is 2.31. The van der Waals surface area contributed by atoms with E-state index < -0.39 is 5.67 Å². The second kappa shape index (κ2) is 4.57. The number of hydrogen-bond acceptors (Lipinski definition) is 2. The first kappa shape index (κ1) is 11.9. The second-order valence-corrected chi connectivity index (χ2v) is 10.3. The number of alkyl halides is 1. The minimum absolute atomic E-state index is 0.0469. The molecule has 0 radical (unpaired) electrons. The maximum absolute atomic E-state index is 13.6. The van der Waals surface area contributed by atoms with E-state index in [0.717, 1.165) is 0 Å². The van der Waals surface area contributed by atoms with Crippen molar-refractivity contribution in [3.8, 4) is 0 Å². The first-order chi connectivity index (χ1) is 5.92. The van der Waals surface area contributed by atoms with E-state index in [1.54, 1.807) is 13.8 Å². The molecule has 1 rings (SSSR count). The van der Waals surface area contributed by atoms with Gasteiger partial charge < -0.3 is 0 Å². The van der Waals surface area contributed by atoms with Gasteiger partial charge in [-0.1, -0.05) is 0 Å². The van der Waals surface area contributed by atoms with Gasteiger partial charge in [0.2, 0.25) is 0 Å². The SMILES string of the molecule is C[C@@H]1O[C@H](CO[P+](C)=[W])C[C@@]1(C)F. The zero-order chi connectivity index (χ0) is 10.1. The molecule has 0 aromatic heterocycles. The summed E-state index contributed by atoms with van der Waals surface area (Å²) in [4.78, 5) is 0. The third kappa shape index (κ3) is 3.47. The predicted octanol–water partition coefficient (Wildman–Crippen LogP) is 2.40. The van der Waals surface area contributed by atoms with Gasteiger partial charge in [0, 0.05) is 0 Å². The van der Waals surface area contributed by atoms with Crippen molar-refractivity contribution in [1.29, 1.82) is 0 Å². The molecule has 0 aliphatic carbocycles. The van der Waals surface area contributed by atoms with Gasteiger partial charge in [-0.2, -0.15) is 0 Å². The van der Waals surface area contributed by atoms with Crippen LogP contribution >= 0.6 is 5.78 Å².